The number of ketones is 1. The molecule has 0 amide bonds. The number of rotatable bonds is 4. The summed E-state index contributed by atoms with van der Waals surface area (Å²) in [5.74, 6) is 0.974. The van der Waals surface area contributed by atoms with Crippen LogP contribution >= 0.6 is 11.6 Å². The zero-order valence-electron chi connectivity index (χ0n) is 17.2. The molecule has 0 saturated carbocycles. The van der Waals surface area contributed by atoms with Crippen LogP contribution in [0.15, 0.2) is 58.5 Å². The van der Waals surface area contributed by atoms with Crippen LogP contribution in [0.1, 0.15) is 6.42 Å². The number of hydrogen-bond donors (Lipinski definition) is 0. The first-order valence-electron chi connectivity index (χ1n) is 10.6. The smallest absolute Gasteiger partial charge is 0.275 e. The molecule has 0 N–H and O–H groups in total. The molecule has 1 aromatic carbocycles. The summed E-state index contributed by atoms with van der Waals surface area (Å²) in [4.78, 5) is 33.4. The Morgan fingerprint density at radius 1 is 0.935 bits per heavy atom. The second kappa shape index (κ2) is 8.32. The Balaban J connectivity index is 1.25. The van der Waals surface area contributed by atoms with Crippen molar-refractivity contribution < 1.29 is 4.79 Å². The van der Waals surface area contributed by atoms with Crippen molar-refractivity contribution in [3.63, 3.8) is 0 Å². The maximum absolute atomic E-state index is 13.1. The van der Waals surface area contributed by atoms with E-state index in [0.717, 1.165) is 56.0 Å². The van der Waals surface area contributed by atoms with Gasteiger partial charge in [-0.25, -0.2) is 0 Å². The molecule has 3 aromatic rings. The maximum Gasteiger partial charge on any atom is 0.275 e. The first kappa shape index (κ1) is 20.0. The monoisotopic (exact) mass is 437 g/mol. The van der Waals surface area contributed by atoms with Crippen LogP contribution in [-0.4, -0.2) is 69.7 Å². The predicted octanol–water partition coefficient (Wildman–Crippen LogP) is 2.45. The average Bonchev–Trinajstić information content (AvgIpc) is 3.28. The number of amidine groups is 1. The lowest BCUT2D eigenvalue weighted by Crippen LogP contribution is -2.49. The third kappa shape index (κ3) is 3.91. The van der Waals surface area contributed by atoms with Crippen molar-refractivity contribution in [3.8, 4) is 0 Å². The number of piperazine rings is 1. The van der Waals surface area contributed by atoms with Crippen LogP contribution in [-0.2, 0) is 11.3 Å². The van der Waals surface area contributed by atoms with E-state index in [4.69, 9.17) is 11.6 Å². The topological polar surface area (TPSA) is 62.3 Å². The zero-order valence-corrected chi connectivity index (χ0v) is 18.0. The van der Waals surface area contributed by atoms with E-state index in [1.165, 1.54) is 0 Å². The zero-order chi connectivity index (χ0) is 21.4. The fourth-order valence-electron chi connectivity index (χ4n) is 4.44. The van der Waals surface area contributed by atoms with Crippen molar-refractivity contribution in [1.29, 1.82) is 0 Å². The Morgan fingerprint density at radius 3 is 2.55 bits per heavy atom. The first-order chi connectivity index (χ1) is 15.1. The summed E-state index contributed by atoms with van der Waals surface area (Å²) in [7, 11) is 0. The molecule has 2 aliphatic heterocycles. The number of aromatic nitrogens is 2. The van der Waals surface area contributed by atoms with Gasteiger partial charge in [-0.3, -0.25) is 19.5 Å². The lowest BCUT2D eigenvalue weighted by atomic mass is 10.2. The first-order valence-corrected chi connectivity index (χ1v) is 11.0. The molecule has 0 spiro atoms. The second-order valence-corrected chi connectivity index (χ2v) is 8.45. The Morgan fingerprint density at radius 2 is 1.77 bits per heavy atom. The molecule has 5 rings (SSSR count). The molecule has 0 bridgehead atoms. The number of fused-ring (bicyclic) bond motifs is 3. The van der Waals surface area contributed by atoms with E-state index in [0.29, 0.717) is 17.1 Å². The number of aryl methyl sites for hydroxylation is 1. The van der Waals surface area contributed by atoms with E-state index in [1.54, 1.807) is 6.08 Å². The van der Waals surface area contributed by atoms with Crippen LogP contribution in [0, 0.1) is 0 Å². The summed E-state index contributed by atoms with van der Waals surface area (Å²) in [6.45, 7) is 5.54. The standard InChI is InChI=1S/C23H24ClN5O2/c24-17-4-6-19-21(15-17)28-9-1-3-20(28)23(31)29(19)10-2-8-26-11-13-27(14-12-26)22-7-5-18(30)16-25-22/h1,3-7,9,15H,2,8,10-14,16H2. The van der Waals surface area contributed by atoms with Gasteiger partial charge in [0, 0.05) is 43.9 Å². The Labute approximate surface area is 184 Å². The Bertz CT molecular complexity index is 1260. The minimum Gasteiger partial charge on any atom is -0.354 e. The van der Waals surface area contributed by atoms with E-state index in [1.807, 2.05) is 51.6 Å². The molecule has 0 unspecified atom stereocenters. The number of halogens is 1. The molecule has 0 aliphatic carbocycles. The van der Waals surface area contributed by atoms with Gasteiger partial charge < -0.3 is 13.9 Å². The van der Waals surface area contributed by atoms with Crippen molar-refractivity contribution in [2.45, 2.75) is 13.0 Å². The summed E-state index contributed by atoms with van der Waals surface area (Å²) in [6, 6.07) is 9.43. The highest BCUT2D eigenvalue weighted by Gasteiger charge is 2.20. The molecule has 7 nitrogen and oxygen atoms in total. The highest BCUT2D eigenvalue weighted by Crippen LogP contribution is 2.20. The molecule has 8 heteroatoms. The van der Waals surface area contributed by atoms with E-state index < -0.39 is 0 Å². The van der Waals surface area contributed by atoms with Crippen molar-refractivity contribution in [3.05, 3.63) is 64.1 Å². The third-order valence-electron chi connectivity index (χ3n) is 6.07. The molecule has 1 saturated heterocycles. The van der Waals surface area contributed by atoms with E-state index >= 15 is 0 Å². The third-order valence-corrected chi connectivity index (χ3v) is 6.30. The summed E-state index contributed by atoms with van der Waals surface area (Å²) >= 11 is 6.22. The molecule has 0 atom stereocenters. The van der Waals surface area contributed by atoms with Crippen LogP contribution in [0.4, 0.5) is 0 Å². The van der Waals surface area contributed by atoms with E-state index in [-0.39, 0.29) is 17.9 Å². The SMILES string of the molecule is O=C1C=CC(N2CCN(CCCn3c(=O)c4cccn4c4cc(Cl)ccc43)CC2)=NC1. The van der Waals surface area contributed by atoms with Crippen LogP contribution in [0.2, 0.25) is 5.02 Å². The number of dihydropyridines is 1. The molecule has 31 heavy (non-hydrogen) atoms. The normalized spacial score (nSPS) is 17.6. The van der Waals surface area contributed by atoms with Crippen molar-refractivity contribution in [2.24, 2.45) is 4.99 Å². The lowest BCUT2D eigenvalue weighted by molar-refractivity contribution is -0.113. The van der Waals surface area contributed by atoms with Gasteiger partial charge in [0.05, 0.1) is 11.0 Å². The quantitative estimate of drug-likeness (QED) is 0.629. The summed E-state index contributed by atoms with van der Waals surface area (Å²) < 4.78 is 3.78. The van der Waals surface area contributed by atoms with Crippen LogP contribution in [0.5, 0.6) is 0 Å². The molecule has 1 fully saturated rings. The molecule has 2 aliphatic rings. The molecule has 4 heterocycles. The van der Waals surface area contributed by atoms with E-state index in [9.17, 15) is 9.59 Å². The van der Waals surface area contributed by atoms with Gasteiger partial charge in [0.1, 0.15) is 17.9 Å². The molecular formula is C23H24ClN5O2. The van der Waals surface area contributed by atoms with Gasteiger partial charge in [0.2, 0.25) is 0 Å². The minimum atomic E-state index is 0.0290. The molecular weight excluding hydrogens is 414 g/mol. The van der Waals surface area contributed by atoms with Gasteiger partial charge in [0.15, 0.2) is 5.78 Å². The fraction of sp³-hybridized carbons (Fsp3) is 0.348. The van der Waals surface area contributed by atoms with E-state index in [2.05, 4.69) is 14.8 Å². The summed E-state index contributed by atoms with van der Waals surface area (Å²) in [5, 5.41) is 0.660. The molecule has 0 radical (unpaired) electrons. The van der Waals surface area contributed by atoms with Crippen LogP contribution in [0.25, 0.3) is 16.6 Å². The van der Waals surface area contributed by atoms with Gasteiger partial charge in [-0.15, -0.1) is 0 Å². The number of carbonyl (C=O) groups is 1. The van der Waals surface area contributed by atoms with Gasteiger partial charge in [-0.05, 0) is 55.4 Å². The van der Waals surface area contributed by atoms with Crippen LogP contribution in [0.3, 0.4) is 0 Å². The fourth-order valence-corrected chi connectivity index (χ4v) is 4.61. The Kier molecular flexibility index (Phi) is 5.38. The van der Waals surface area contributed by atoms with Gasteiger partial charge in [-0.1, -0.05) is 11.6 Å². The van der Waals surface area contributed by atoms with Gasteiger partial charge in [0.25, 0.3) is 5.56 Å². The predicted molar refractivity (Wildman–Crippen MR) is 123 cm³/mol. The number of nitrogens with zero attached hydrogens (tertiary/aromatic N) is 5. The van der Waals surface area contributed by atoms with Crippen molar-refractivity contribution in [1.82, 2.24) is 18.8 Å². The van der Waals surface area contributed by atoms with Crippen molar-refractivity contribution in [2.75, 3.05) is 39.3 Å². The lowest BCUT2D eigenvalue weighted by Gasteiger charge is -2.36. The number of aliphatic imine (C=N–C) groups is 1. The average molecular weight is 438 g/mol. The summed E-state index contributed by atoms with van der Waals surface area (Å²) in [5.41, 5.74) is 2.55. The summed E-state index contributed by atoms with van der Waals surface area (Å²) in [6.07, 6.45) is 6.24. The minimum absolute atomic E-state index is 0.0290. The molecule has 160 valence electrons. The van der Waals surface area contributed by atoms with Crippen LogP contribution < -0.4 is 5.56 Å². The maximum atomic E-state index is 13.1. The highest BCUT2D eigenvalue weighted by atomic mass is 35.5. The number of hydrogen-bond acceptors (Lipinski definition) is 5. The Hall–Kier alpha value is -2.90. The van der Waals surface area contributed by atoms with Gasteiger partial charge in [-0.2, -0.15) is 0 Å². The number of carbonyl (C=O) groups excluding carboxylic acids is 1. The van der Waals surface area contributed by atoms with Crippen molar-refractivity contribution >= 4 is 39.8 Å². The molecule has 2 aromatic heterocycles. The number of benzene rings is 1. The second-order valence-electron chi connectivity index (χ2n) is 8.01. The largest absolute Gasteiger partial charge is 0.354 e. The highest BCUT2D eigenvalue weighted by molar-refractivity contribution is 6.31. The van der Waals surface area contributed by atoms with Gasteiger partial charge >= 0.3 is 0 Å².